The zero-order valence-corrected chi connectivity index (χ0v) is 13.6. The molecule has 0 aliphatic rings. The van der Waals surface area contributed by atoms with Crippen LogP contribution in [0.15, 0.2) is 18.2 Å². The number of hydrogen-bond acceptors (Lipinski definition) is 3. The number of aliphatic hydroxyl groups is 1. The van der Waals surface area contributed by atoms with E-state index >= 15 is 0 Å². The van der Waals surface area contributed by atoms with Gasteiger partial charge in [0.05, 0.1) is 6.61 Å². The average Bonchev–Trinajstić information content (AvgIpc) is 2.33. The van der Waals surface area contributed by atoms with Gasteiger partial charge in [0.15, 0.2) is 0 Å². The van der Waals surface area contributed by atoms with E-state index in [2.05, 4.69) is 47.6 Å². The Morgan fingerprint density at radius 1 is 1.25 bits per heavy atom. The number of benzene rings is 1. The topological polar surface area (TPSA) is 55.5 Å². The summed E-state index contributed by atoms with van der Waals surface area (Å²) in [6.45, 7) is 12.5. The van der Waals surface area contributed by atoms with Crippen LogP contribution in [0.5, 0.6) is 5.75 Å². The van der Waals surface area contributed by atoms with Crippen LogP contribution < -0.4 is 10.5 Å². The third-order valence-corrected chi connectivity index (χ3v) is 3.73. The fraction of sp³-hybridized carbons (Fsp3) is 0.647. The largest absolute Gasteiger partial charge is 0.486 e. The summed E-state index contributed by atoms with van der Waals surface area (Å²) in [7, 11) is 0. The number of aryl methyl sites for hydroxylation is 1. The lowest BCUT2D eigenvalue weighted by molar-refractivity contribution is 0.0591. The summed E-state index contributed by atoms with van der Waals surface area (Å²) < 4.78 is 5.89. The average molecular weight is 279 g/mol. The van der Waals surface area contributed by atoms with Gasteiger partial charge in [0.25, 0.3) is 0 Å². The molecule has 0 saturated carbocycles. The van der Waals surface area contributed by atoms with Crippen molar-refractivity contribution in [2.24, 2.45) is 11.1 Å². The minimum atomic E-state index is -0.390. The van der Waals surface area contributed by atoms with E-state index in [1.165, 1.54) is 11.1 Å². The molecule has 114 valence electrons. The normalized spacial score (nSPS) is 15.2. The lowest BCUT2D eigenvalue weighted by Gasteiger charge is -2.33. The Labute approximate surface area is 123 Å². The number of ether oxygens (including phenoxy) is 1. The van der Waals surface area contributed by atoms with Gasteiger partial charge in [0.1, 0.15) is 11.9 Å². The monoisotopic (exact) mass is 279 g/mol. The summed E-state index contributed by atoms with van der Waals surface area (Å²) in [6.07, 6.45) is -0.390. The summed E-state index contributed by atoms with van der Waals surface area (Å²) in [4.78, 5) is 0. The second-order valence-corrected chi connectivity index (χ2v) is 6.90. The van der Waals surface area contributed by atoms with Gasteiger partial charge in [0.2, 0.25) is 0 Å². The van der Waals surface area contributed by atoms with Crippen molar-refractivity contribution in [2.45, 2.75) is 59.6 Å². The minimum Gasteiger partial charge on any atom is -0.486 e. The van der Waals surface area contributed by atoms with E-state index in [0.717, 1.165) is 5.75 Å². The molecule has 3 heteroatoms. The first-order valence-electron chi connectivity index (χ1n) is 7.30. The van der Waals surface area contributed by atoms with Gasteiger partial charge >= 0.3 is 0 Å². The molecule has 1 rings (SSSR count). The van der Waals surface area contributed by atoms with Crippen molar-refractivity contribution >= 4 is 0 Å². The van der Waals surface area contributed by atoms with Gasteiger partial charge < -0.3 is 15.6 Å². The van der Waals surface area contributed by atoms with Crippen LogP contribution in [-0.4, -0.2) is 23.9 Å². The van der Waals surface area contributed by atoms with Crippen molar-refractivity contribution in [3.63, 3.8) is 0 Å². The predicted octanol–water partition coefficient (Wildman–Crippen LogP) is 3.23. The van der Waals surface area contributed by atoms with Crippen LogP contribution in [0.1, 0.15) is 51.7 Å². The summed E-state index contributed by atoms with van der Waals surface area (Å²) in [5.74, 6) is 1.26. The zero-order chi connectivity index (χ0) is 15.5. The van der Waals surface area contributed by atoms with Crippen molar-refractivity contribution in [2.75, 3.05) is 6.61 Å². The highest BCUT2D eigenvalue weighted by Crippen LogP contribution is 2.26. The van der Waals surface area contributed by atoms with Crippen LogP contribution in [0.4, 0.5) is 0 Å². The second kappa shape index (κ2) is 6.59. The molecule has 3 N–H and O–H groups in total. The van der Waals surface area contributed by atoms with Gasteiger partial charge in [0, 0.05) is 6.04 Å². The molecular weight excluding hydrogens is 250 g/mol. The summed E-state index contributed by atoms with van der Waals surface area (Å²) >= 11 is 0. The van der Waals surface area contributed by atoms with Crippen molar-refractivity contribution in [3.05, 3.63) is 29.3 Å². The Kier molecular flexibility index (Phi) is 5.60. The second-order valence-electron chi connectivity index (χ2n) is 6.90. The molecular formula is C17H29NO2. The fourth-order valence-electron chi connectivity index (χ4n) is 2.33. The van der Waals surface area contributed by atoms with E-state index < -0.39 is 0 Å². The maximum absolute atomic E-state index is 9.53. The maximum atomic E-state index is 9.53. The van der Waals surface area contributed by atoms with Gasteiger partial charge in [-0.15, -0.1) is 0 Å². The zero-order valence-electron chi connectivity index (χ0n) is 13.6. The molecule has 3 nitrogen and oxygen atoms in total. The first-order valence-corrected chi connectivity index (χ1v) is 7.30. The highest BCUT2D eigenvalue weighted by atomic mass is 16.5. The highest BCUT2D eigenvalue weighted by Gasteiger charge is 2.30. The minimum absolute atomic E-state index is 0.0799. The smallest absolute Gasteiger partial charge is 0.137 e. The third-order valence-electron chi connectivity index (χ3n) is 3.73. The summed E-state index contributed by atoms with van der Waals surface area (Å²) in [5, 5.41) is 9.53. The van der Waals surface area contributed by atoms with E-state index in [1.54, 1.807) is 0 Å². The summed E-state index contributed by atoms with van der Waals surface area (Å²) in [6, 6.07) is 5.85. The molecule has 2 unspecified atom stereocenters. The molecule has 0 radical (unpaired) electrons. The molecule has 0 aromatic heterocycles. The van der Waals surface area contributed by atoms with Gasteiger partial charge in [-0.3, -0.25) is 0 Å². The van der Waals surface area contributed by atoms with E-state index in [9.17, 15) is 5.11 Å². The van der Waals surface area contributed by atoms with Crippen LogP contribution >= 0.6 is 0 Å². The number of hydrogen-bond donors (Lipinski definition) is 2. The predicted molar refractivity (Wildman–Crippen MR) is 84.2 cm³/mol. The molecule has 0 aliphatic heterocycles. The van der Waals surface area contributed by atoms with Gasteiger partial charge in [-0.2, -0.15) is 0 Å². The molecule has 0 amide bonds. The Hall–Kier alpha value is -1.06. The fourth-order valence-corrected chi connectivity index (χ4v) is 2.33. The van der Waals surface area contributed by atoms with E-state index in [-0.39, 0.29) is 24.2 Å². The molecule has 0 saturated heterocycles. The van der Waals surface area contributed by atoms with Crippen LogP contribution in [0.25, 0.3) is 0 Å². The third kappa shape index (κ3) is 4.22. The molecule has 0 fully saturated rings. The number of rotatable bonds is 5. The molecule has 0 heterocycles. The van der Waals surface area contributed by atoms with Crippen molar-refractivity contribution in [3.8, 4) is 5.75 Å². The van der Waals surface area contributed by atoms with Crippen molar-refractivity contribution < 1.29 is 9.84 Å². The molecule has 20 heavy (non-hydrogen) atoms. The van der Waals surface area contributed by atoms with Gasteiger partial charge in [-0.25, -0.2) is 0 Å². The van der Waals surface area contributed by atoms with Crippen LogP contribution in [-0.2, 0) is 0 Å². The van der Waals surface area contributed by atoms with Crippen LogP contribution in [0, 0.1) is 12.3 Å². The Morgan fingerprint density at radius 3 is 2.25 bits per heavy atom. The van der Waals surface area contributed by atoms with Crippen molar-refractivity contribution in [1.82, 2.24) is 0 Å². The highest BCUT2D eigenvalue weighted by molar-refractivity contribution is 5.36. The van der Waals surface area contributed by atoms with Crippen LogP contribution in [0.2, 0.25) is 0 Å². The van der Waals surface area contributed by atoms with Gasteiger partial charge in [-0.1, -0.05) is 40.7 Å². The Bertz CT molecular complexity index is 435. The molecule has 1 aromatic carbocycles. The Balaban J connectivity index is 2.89. The standard InChI is InChI=1S/C17H29NO2/c1-11(2)14-8-7-13(9-12(14)3)20-15(10-19)16(18)17(4,5)6/h7-9,11,15-16,19H,10,18H2,1-6H3. The molecule has 0 spiro atoms. The molecule has 2 atom stereocenters. The molecule has 1 aromatic rings. The SMILES string of the molecule is Cc1cc(OC(CO)C(N)C(C)(C)C)ccc1C(C)C. The van der Waals surface area contributed by atoms with E-state index in [0.29, 0.717) is 5.92 Å². The summed E-state index contributed by atoms with van der Waals surface area (Å²) in [5.41, 5.74) is 8.60. The first kappa shape index (κ1) is 17.0. The number of nitrogens with two attached hydrogens (primary N) is 1. The number of aliphatic hydroxyl groups excluding tert-OH is 1. The Morgan fingerprint density at radius 2 is 1.85 bits per heavy atom. The quantitative estimate of drug-likeness (QED) is 0.870. The molecule has 0 aliphatic carbocycles. The van der Waals surface area contributed by atoms with Crippen LogP contribution in [0.3, 0.4) is 0 Å². The maximum Gasteiger partial charge on any atom is 0.137 e. The van der Waals surface area contributed by atoms with Crippen molar-refractivity contribution in [1.29, 1.82) is 0 Å². The lowest BCUT2D eigenvalue weighted by atomic mass is 9.84. The molecule has 0 bridgehead atoms. The first-order chi connectivity index (χ1) is 9.16. The van der Waals surface area contributed by atoms with Gasteiger partial charge in [-0.05, 0) is 41.5 Å². The van der Waals surface area contributed by atoms with E-state index in [1.807, 2.05) is 12.1 Å². The lowest BCUT2D eigenvalue weighted by Crippen LogP contribution is -2.49. The van der Waals surface area contributed by atoms with E-state index in [4.69, 9.17) is 10.5 Å².